The summed E-state index contributed by atoms with van der Waals surface area (Å²) in [5.41, 5.74) is 0. The van der Waals surface area contributed by atoms with Gasteiger partial charge in [-0.05, 0) is 6.92 Å². The van der Waals surface area contributed by atoms with E-state index in [9.17, 15) is 0 Å². The Morgan fingerprint density at radius 1 is 1.75 bits per heavy atom. The summed E-state index contributed by atoms with van der Waals surface area (Å²) < 4.78 is 4.67. The molecule has 0 aliphatic carbocycles. The molecule has 0 aliphatic heterocycles. The summed E-state index contributed by atoms with van der Waals surface area (Å²) in [5.74, 6) is 0. The molecular formula is C5H8ClNO. The molecule has 0 aromatic carbocycles. The largest absolute Gasteiger partial charge is 0.454 e. The first kappa shape index (κ1) is 7.50. The average molecular weight is 134 g/mol. The van der Waals surface area contributed by atoms with E-state index in [1.165, 1.54) is 12.7 Å². The highest BCUT2D eigenvalue weighted by Gasteiger charge is 1.64. The Labute approximate surface area is 53.8 Å². The number of halogens is 1. The molecule has 0 aromatic rings. The second-order valence-corrected chi connectivity index (χ2v) is 1.25. The molecule has 0 aliphatic rings. The third-order valence-corrected chi connectivity index (χ3v) is 0.557. The van der Waals surface area contributed by atoms with E-state index in [0.29, 0.717) is 0 Å². The Bertz CT molecular complexity index is 90.4. The van der Waals surface area contributed by atoms with E-state index in [1.54, 1.807) is 6.08 Å². The fourth-order valence-electron chi connectivity index (χ4n) is 0.185. The van der Waals surface area contributed by atoms with Crippen molar-refractivity contribution in [1.29, 1.82) is 0 Å². The lowest BCUT2D eigenvalue weighted by molar-refractivity contribution is 0.492. The molecule has 3 heteroatoms. The van der Waals surface area contributed by atoms with Crippen LogP contribution in [0, 0.1) is 0 Å². The fraction of sp³-hybridized carbons (Fsp3) is 0.400. The maximum Gasteiger partial charge on any atom is 0.176 e. The molecule has 0 N–H and O–H groups in total. The summed E-state index contributed by atoms with van der Waals surface area (Å²) in [5, 5.41) is 0. The molecule has 0 rings (SSSR count). The van der Waals surface area contributed by atoms with Gasteiger partial charge in [-0.25, -0.2) is 4.99 Å². The van der Waals surface area contributed by atoms with Gasteiger partial charge in [0.2, 0.25) is 0 Å². The number of nitrogens with zero attached hydrogens (tertiary/aromatic N) is 1. The van der Waals surface area contributed by atoms with Crippen molar-refractivity contribution in [2.45, 2.75) is 6.92 Å². The van der Waals surface area contributed by atoms with Crippen LogP contribution in [0.25, 0.3) is 0 Å². The molecule has 0 aromatic heterocycles. The Morgan fingerprint density at radius 2 is 2.50 bits per heavy atom. The number of allylic oxidation sites excluding steroid dienone is 1. The molecule has 46 valence electrons. The zero-order valence-electron chi connectivity index (χ0n) is 4.67. The van der Waals surface area contributed by atoms with Crippen LogP contribution >= 0.6 is 11.6 Å². The molecule has 0 radical (unpaired) electrons. The first-order chi connectivity index (χ1) is 3.91. The molecule has 0 amide bonds. The van der Waals surface area contributed by atoms with Crippen molar-refractivity contribution in [1.82, 2.24) is 0 Å². The zero-order chi connectivity index (χ0) is 6.24. The summed E-state index contributed by atoms with van der Waals surface area (Å²) in [6.07, 6.45) is 4.59. The molecule has 0 heterocycles. The standard InChI is InChI=1S/C5H8ClNO/c1-2-3-8-5-7-4-6/h2-3,5H,4H2,1H3/b3-2+,7-5+. The van der Waals surface area contributed by atoms with Gasteiger partial charge in [0, 0.05) is 0 Å². The van der Waals surface area contributed by atoms with Crippen LogP contribution in [0.4, 0.5) is 0 Å². The van der Waals surface area contributed by atoms with Crippen molar-refractivity contribution >= 4 is 18.0 Å². The van der Waals surface area contributed by atoms with E-state index in [4.69, 9.17) is 11.6 Å². The minimum Gasteiger partial charge on any atom is -0.454 e. The second kappa shape index (κ2) is 6.50. The molecule has 0 unspecified atom stereocenters. The molecular weight excluding hydrogens is 126 g/mol. The Hall–Kier alpha value is -0.500. The van der Waals surface area contributed by atoms with Gasteiger partial charge in [0.05, 0.1) is 6.26 Å². The lowest BCUT2D eigenvalue weighted by Crippen LogP contribution is -1.74. The van der Waals surface area contributed by atoms with Crippen molar-refractivity contribution in [2.24, 2.45) is 4.99 Å². The van der Waals surface area contributed by atoms with Gasteiger partial charge in [-0.1, -0.05) is 6.08 Å². The van der Waals surface area contributed by atoms with E-state index in [-0.39, 0.29) is 6.00 Å². The van der Waals surface area contributed by atoms with Crippen LogP contribution in [0.3, 0.4) is 0 Å². The molecule has 0 fully saturated rings. The molecule has 0 spiro atoms. The van der Waals surface area contributed by atoms with Crippen molar-refractivity contribution in [3.05, 3.63) is 12.3 Å². The highest BCUT2D eigenvalue weighted by molar-refractivity contribution is 6.17. The Balaban J connectivity index is 3.03. The Kier molecular flexibility index (Phi) is 6.09. The predicted octanol–water partition coefficient (Wildman–Crippen LogP) is 1.76. The van der Waals surface area contributed by atoms with Gasteiger partial charge in [0.25, 0.3) is 0 Å². The average Bonchev–Trinajstić information content (AvgIpc) is 1.81. The molecule has 2 nitrogen and oxygen atoms in total. The van der Waals surface area contributed by atoms with Crippen molar-refractivity contribution in [2.75, 3.05) is 6.00 Å². The van der Waals surface area contributed by atoms with Crippen LogP contribution in [0.5, 0.6) is 0 Å². The van der Waals surface area contributed by atoms with Crippen LogP contribution < -0.4 is 0 Å². The Morgan fingerprint density at radius 3 is 3.00 bits per heavy atom. The van der Waals surface area contributed by atoms with Gasteiger partial charge in [0.1, 0.15) is 6.00 Å². The van der Waals surface area contributed by atoms with Gasteiger partial charge in [0.15, 0.2) is 6.40 Å². The minimum absolute atomic E-state index is 0.248. The first-order valence-corrected chi connectivity index (χ1v) is 2.76. The van der Waals surface area contributed by atoms with Crippen LogP contribution in [0.1, 0.15) is 6.92 Å². The van der Waals surface area contributed by atoms with Gasteiger partial charge in [-0.15, -0.1) is 11.6 Å². The normalized spacial score (nSPS) is 11.2. The third kappa shape index (κ3) is 5.50. The van der Waals surface area contributed by atoms with Crippen molar-refractivity contribution < 1.29 is 4.74 Å². The first-order valence-electron chi connectivity index (χ1n) is 2.22. The lowest BCUT2D eigenvalue weighted by Gasteiger charge is -1.83. The topological polar surface area (TPSA) is 21.6 Å². The predicted molar refractivity (Wildman–Crippen MR) is 35.1 cm³/mol. The number of hydrogen-bond acceptors (Lipinski definition) is 2. The van der Waals surface area contributed by atoms with Gasteiger partial charge < -0.3 is 4.74 Å². The number of hydrogen-bond donors (Lipinski definition) is 0. The maximum atomic E-state index is 5.18. The summed E-state index contributed by atoms with van der Waals surface area (Å²) in [6, 6.07) is 0.248. The molecule has 8 heavy (non-hydrogen) atoms. The number of aliphatic imine (C=N–C) groups is 1. The molecule has 0 bridgehead atoms. The number of alkyl halides is 1. The van der Waals surface area contributed by atoms with Crippen LogP contribution in [-0.2, 0) is 4.74 Å². The quantitative estimate of drug-likeness (QED) is 0.189. The van der Waals surface area contributed by atoms with Crippen LogP contribution in [0.15, 0.2) is 17.3 Å². The second-order valence-electron chi connectivity index (χ2n) is 1.01. The number of ether oxygens (including phenoxy) is 1. The third-order valence-electron chi connectivity index (χ3n) is 0.419. The van der Waals surface area contributed by atoms with Crippen LogP contribution in [0.2, 0.25) is 0 Å². The van der Waals surface area contributed by atoms with Crippen LogP contribution in [-0.4, -0.2) is 12.4 Å². The summed E-state index contributed by atoms with van der Waals surface area (Å²) in [6.45, 7) is 1.86. The highest BCUT2D eigenvalue weighted by Crippen LogP contribution is 1.75. The summed E-state index contributed by atoms with van der Waals surface area (Å²) in [7, 11) is 0. The smallest absolute Gasteiger partial charge is 0.176 e. The highest BCUT2D eigenvalue weighted by atomic mass is 35.5. The van der Waals surface area contributed by atoms with E-state index in [2.05, 4.69) is 9.73 Å². The molecule has 0 saturated heterocycles. The summed E-state index contributed by atoms with van der Waals surface area (Å²) >= 11 is 5.18. The fourth-order valence-corrected chi connectivity index (χ4v) is 0.241. The monoisotopic (exact) mass is 133 g/mol. The van der Waals surface area contributed by atoms with Gasteiger partial charge >= 0.3 is 0 Å². The van der Waals surface area contributed by atoms with Gasteiger partial charge in [-0.3, -0.25) is 0 Å². The van der Waals surface area contributed by atoms with Crippen molar-refractivity contribution in [3.8, 4) is 0 Å². The SMILES string of the molecule is C/C=C/O/C=N/CCl. The number of rotatable bonds is 3. The van der Waals surface area contributed by atoms with E-state index < -0.39 is 0 Å². The molecule has 0 saturated carbocycles. The van der Waals surface area contributed by atoms with E-state index in [1.807, 2.05) is 6.92 Å². The minimum atomic E-state index is 0.248. The van der Waals surface area contributed by atoms with E-state index in [0.717, 1.165) is 0 Å². The zero-order valence-corrected chi connectivity index (χ0v) is 5.43. The molecule has 0 atom stereocenters. The van der Waals surface area contributed by atoms with Crippen molar-refractivity contribution in [3.63, 3.8) is 0 Å². The van der Waals surface area contributed by atoms with E-state index >= 15 is 0 Å². The summed E-state index contributed by atoms with van der Waals surface area (Å²) in [4.78, 5) is 3.58. The lowest BCUT2D eigenvalue weighted by atomic mass is 10.7. The van der Waals surface area contributed by atoms with Gasteiger partial charge in [-0.2, -0.15) is 0 Å². The maximum absolute atomic E-state index is 5.18.